The summed E-state index contributed by atoms with van der Waals surface area (Å²) in [7, 11) is 3.45. The minimum atomic E-state index is -0.308. The third-order valence-electron chi connectivity index (χ3n) is 4.09. The fourth-order valence-corrected chi connectivity index (χ4v) is 2.86. The van der Waals surface area contributed by atoms with E-state index in [1.165, 1.54) is 6.07 Å². The van der Waals surface area contributed by atoms with E-state index < -0.39 is 0 Å². The minimum absolute atomic E-state index is 0.308. The predicted octanol–water partition coefficient (Wildman–Crippen LogP) is 3.64. The molecule has 3 aromatic rings. The zero-order valence-corrected chi connectivity index (χ0v) is 12.8. The van der Waals surface area contributed by atoms with Crippen LogP contribution in [0.4, 0.5) is 4.39 Å². The Morgan fingerprint density at radius 3 is 2.52 bits per heavy atom. The van der Waals surface area contributed by atoms with E-state index in [9.17, 15) is 4.39 Å². The van der Waals surface area contributed by atoms with Gasteiger partial charge in [-0.15, -0.1) is 0 Å². The Hall–Kier alpha value is -2.30. The third-order valence-corrected chi connectivity index (χ3v) is 4.09. The summed E-state index contributed by atoms with van der Waals surface area (Å²) >= 11 is 0. The van der Waals surface area contributed by atoms with Crippen molar-refractivity contribution in [1.29, 1.82) is 0 Å². The normalized spacial score (nSPS) is 11.3. The molecule has 0 bridgehead atoms. The number of hydrogen-bond acceptors (Lipinski definition) is 2. The molecule has 4 nitrogen and oxygen atoms in total. The van der Waals surface area contributed by atoms with Crippen LogP contribution in [0.2, 0.25) is 0 Å². The predicted molar refractivity (Wildman–Crippen MR) is 81.2 cm³/mol. The van der Waals surface area contributed by atoms with Crippen LogP contribution < -0.4 is 4.74 Å². The van der Waals surface area contributed by atoms with Gasteiger partial charge in [0, 0.05) is 29.8 Å². The van der Waals surface area contributed by atoms with Gasteiger partial charge in [0.2, 0.25) is 0 Å². The van der Waals surface area contributed by atoms with Crippen LogP contribution in [0.15, 0.2) is 12.1 Å². The van der Waals surface area contributed by atoms with Gasteiger partial charge in [-0.3, -0.25) is 4.68 Å². The van der Waals surface area contributed by atoms with Gasteiger partial charge in [0.1, 0.15) is 5.75 Å². The first kappa shape index (κ1) is 13.7. The molecule has 0 aliphatic carbocycles. The fraction of sp³-hybridized carbons (Fsp3) is 0.312. The Balaban J connectivity index is 2.34. The number of aryl methyl sites for hydroxylation is 3. The number of hydrogen-bond donors (Lipinski definition) is 1. The highest BCUT2D eigenvalue weighted by Crippen LogP contribution is 2.35. The summed E-state index contributed by atoms with van der Waals surface area (Å²) in [6, 6.07) is 3.25. The molecule has 0 aliphatic rings. The number of aromatic amines is 1. The summed E-state index contributed by atoms with van der Waals surface area (Å²) in [6.45, 7) is 5.96. The lowest BCUT2D eigenvalue weighted by Gasteiger charge is -2.01. The molecule has 0 spiro atoms. The van der Waals surface area contributed by atoms with Gasteiger partial charge in [0.25, 0.3) is 0 Å². The van der Waals surface area contributed by atoms with E-state index in [-0.39, 0.29) is 5.82 Å². The number of H-pyrrole nitrogens is 1. The largest absolute Gasteiger partial charge is 0.497 e. The molecule has 0 radical (unpaired) electrons. The van der Waals surface area contributed by atoms with Crippen LogP contribution in [0.1, 0.15) is 17.0 Å². The zero-order valence-electron chi connectivity index (χ0n) is 12.8. The second-order valence-corrected chi connectivity index (χ2v) is 5.33. The molecule has 21 heavy (non-hydrogen) atoms. The Morgan fingerprint density at radius 1 is 1.24 bits per heavy atom. The quantitative estimate of drug-likeness (QED) is 0.782. The first-order chi connectivity index (χ1) is 9.93. The van der Waals surface area contributed by atoms with Gasteiger partial charge >= 0.3 is 0 Å². The van der Waals surface area contributed by atoms with Crippen LogP contribution >= 0.6 is 0 Å². The lowest BCUT2D eigenvalue weighted by Crippen LogP contribution is -1.93. The van der Waals surface area contributed by atoms with Crippen molar-refractivity contribution < 1.29 is 9.13 Å². The molecule has 110 valence electrons. The Bertz CT molecular complexity index is 845. The lowest BCUT2D eigenvalue weighted by atomic mass is 10.0. The number of halogens is 1. The zero-order chi connectivity index (χ0) is 15.3. The molecule has 0 fully saturated rings. The molecule has 0 atom stereocenters. The van der Waals surface area contributed by atoms with E-state index in [1.54, 1.807) is 7.11 Å². The Morgan fingerprint density at radius 2 is 1.95 bits per heavy atom. The van der Waals surface area contributed by atoms with Crippen molar-refractivity contribution in [3.63, 3.8) is 0 Å². The van der Waals surface area contributed by atoms with Crippen molar-refractivity contribution >= 4 is 10.9 Å². The van der Waals surface area contributed by atoms with Gasteiger partial charge in [-0.2, -0.15) is 5.10 Å². The number of rotatable bonds is 2. The van der Waals surface area contributed by atoms with Gasteiger partial charge in [-0.05, 0) is 32.4 Å². The van der Waals surface area contributed by atoms with Crippen LogP contribution in [0.3, 0.4) is 0 Å². The van der Waals surface area contributed by atoms with E-state index >= 15 is 0 Å². The van der Waals surface area contributed by atoms with Gasteiger partial charge in [-0.1, -0.05) is 0 Å². The number of fused-ring (bicyclic) bond motifs is 1. The summed E-state index contributed by atoms with van der Waals surface area (Å²) in [5.41, 5.74) is 5.43. The molecular formula is C16H18FN3O. The maximum absolute atomic E-state index is 14.2. The van der Waals surface area contributed by atoms with Gasteiger partial charge in [0.05, 0.1) is 24.0 Å². The topological polar surface area (TPSA) is 42.8 Å². The van der Waals surface area contributed by atoms with Crippen LogP contribution in [0, 0.1) is 26.6 Å². The summed E-state index contributed by atoms with van der Waals surface area (Å²) in [5, 5.41) is 5.27. The second kappa shape index (κ2) is 4.62. The lowest BCUT2D eigenvalue weighted by molar-refractivity contribution is 0.412. The first-order valence-electron chi connectivity index (χ1n) is 6.80. The summed E-state index contributed by atoms with van der Waals surface area (Å²) in [5.74, 6) is 0.214. The second-order valence-electron chi connectivity index (χ2n) is 5.33. The Kier molecular flexibility index (Phi) is 3.01. The highest BCUT2D eigenvalue weighted by atomic mass is 19.1. The van der Waals surface area contributed by atoms with E-state index in [4.69, 9.17) is 4.74 Å². The van der Waals surface area contributed by atoms with E-state index in [0.717, 1.165) is 33.6 Å². The average Bonchev–Trinajstić information content (AvgIpc) is 2.89. The smallest absolute Gasteiger partial charge is 0.150 e. The van der Waals surface area contributed by atoms with Crippen molar-refractivity contribution in [2.45, 2.75) is 20.8 Å². The highest BCUT2D eigenvalue weighted by molar-refractivity contribution is 5.92. The number of nitrogens with one attached hydrogen (secondary N) is 1. The molecular weight excluding hydrogens is 269 g/mol. The van der Waals surface area contributed by atoms with Crippen LogP contribution in [-0.2, 0) is 7.05 Å². The number of ether oxygens (including phenoxy) is 1. The molecule has 0 saturated carbocycles. The Labute approximate surface area is 122 Å². The number of aromatic nitrogens is 3. The summed E-state index contributed by atoms with van der Waals surface area (Å²) in [6.07, 6.45) is 0. The molecule has 5 heteroatoms. The van der Waals surface area contributed by atoms with Gasteiger partial charge < -0.3 is 9.72 Å². The number of nitrogens with zero attached hydrogens (tertiary/aromatic N) is 2. The summed E-state index contributed by atoms with van der Waals surface area (Å²) in [4.78, 5) is 3.21. The monoisotopic (exact) mass is 287 g/mol. The first-order valence-corrected chi connectivity index (χ1v) is 6.80. The molecule has 1 aromatic carbocycles. The van der Waals surface area contributed by atoms with Crippen molar-refractivity contribution in [2.24, 2.45) is 7.05 Å². The fourth-order valence-electron chi connectivity index (χ4n) is 2.86. The molecule has 2 heterocycles. The summed E-state index contributed by atoms with van der Waals surface area (Å²) < 4.78 is 21.2. The van der Waals surface area contributed by atoms with Gasteiger partial charge in [-0.25, -0.2) is 4.39 Å². The van der Waals surface area contributed by atoms with E-state index in [2.05, 4.69) is 10.1 Å². The molecule has 0 aliphatic heterocycles. The number of methoxy groups -OCH3 is 1. The number of benzene rings is 1. The molecule has 0 unspecified atom stereocenters. The van der Waals surface area contributed by atoms with Crippen LogP contribution in [0.25, 0.3) is 22.2 Å². The SMILES string of the molecule is COc1cc(F)c2[nH]c(-c3c(C)nn(C)c3C)c(C)c2c1. The standard InChI is InChI=1S/C16H18FN3O/c1-8-12-6-11(21-5)7-13(17)16(12)18-15(8)14-9(2)19-20(4)10(14)3/h6-7,18H,1-5H3. The van der Waals surface area contributed by atoms with Crippen LogP contribution in [-0.4, -0.2) is 21.9 Å². The average molecular weight is 287 g/mol. The maximum Gasteiger partial charge on any atom is 0.150 e. The van der Waals surface area contributed by atoms with E-state index in [0.29, 0.717) is 11.3 Å². The molecule has 1 N–H and O–H groups in total. The molecule has 0 saturated heterocycles. The molecule has 2 aromatic heterocycles. The van der Waals surface area contributed by atoms with Crippen molar-refractivity contribution in [3.8, 4) is 17.0 Å². The van der Waals surface area contributed by atoms with Crippen molar-refractivity contribution in [3.05, 3.63) is 34.9 Å². The van der Waals surface area contributed by atoms with Crippen molar-refractivity contribution in [2.75, 3.05) is 7.11 Å². The molecule has 0 amide bonds. The van der Waals surface area contributed by atoms with Crippen LogP contribution in [0.5, 0.6) is 5.75 Å². The highest BCUT2D eigenvalue weighted by Gasteiger charge is 2.19. The maximum atomic E-state index is 14.2. The third kappa shape index (κ3) is 1.92. The van der Waals surface area contributed by atoms with E-state index in [1.807, 2.05) is 38.6 Å². The van der Waals surface area contributed by atoms with Gasteiger partial charge in [0.15, 0.2) is 5.82 Å². The van der Waals surface area contributed by atoms with Crippen molar-refractivity contribution in [1.82, 2.24) is 14.8 Å². The molecule has 3 rings (SSSR count). The minimum Gasteiger partial charge on any atom is -0.497 e.